The van der Waals surface area contributed by atoms with E-state index in [-0.39, 0.29) is 5.60 Å². The van der Waals surface area contributed by atoms with Crippen LogP contribution in [0.1, 0.15) is 45.1 Å². The van der Waals surface area contributed by atoms with Crippen LogP contribution in [0, 0.1) is 0 Å². The lowest BCUT2D eigenvalue weighted by Crippen LogP contribution is -2.16. The number of hydrogen-bond acceptors (Lipinski definition) is 2. The van der Waals surface area contributed by atoms with Gasteiger partial charge in [-0.05, 0) is 56.7 Å². The Kier molecular flexibility index (Phi) is 5.66. The summed E-state index contributed by atoms with van der Waals surface area (Å²) in [6, 6.07) is 8.45. The van der Waals surface area contributed by atoms with Crippen LogP contribution in [0.3, 0.4) is 0 Å². The molecule has 0 bridgehead atoms. The molecule has 1 saturated heterocycles. The number of unbranched alkanes of at least 4 members (excludes halogenated alkanes) is 2. The maximum absolute atomic E-state index is 5.80. The van der Waals surface area contributed by atoms with E-state index < -0.39 is 0 Å². The van der Waals surface area contributed by atoms with E-state index in [1.807, 2.05) is 6.07 Å². The summed E-state index contributed by atoms with van der Waals surface area (Å²) in [4.78, 5) is 0. The molecular formula is C18H26O2. The number of aryl methyl sites for hydroxylation is 1. The molecule has 2 rings (SSSR count). The zero-order chi connectivity index (χ0) is 14.3. The van der Waals surface area contributed by atoms with Crippen molar-refractivity contribution in [3.8, 4) is 5.75 Å². The number of rotatable bonds is 9. The molecule has 2 nitrogen and oxygen atoms in total. The van der Waals surface area contributed by atoms with E-state index in [9.17, 15) is 0 Å². The van der Waals surface area contributed by atoms with Crippen molar-refractivity contribution < 1.29 is 9.47 Å². The van der Waals surface area contributed by atoms with Crippen molar-refractivity contribution in [3.05, 3.63) is 42.0 Å². The Morgan fingerprint density at radius 2 is 2.15 bits per heavy atom. The zero-order valence-electron chi connectivity index (χ0n) is 12.7. The predicted molar refractivity (Wildman–Crippen MR) is 83.3 cm³/mol. The molecule has 0 spiro atoms. The number of allylic oxidation sites excluding steroid dienone is 2. The van der Waals surface area contributed by atoms with E-state index in [1.165, 1.54) is 24.8 Å². The molecule has 2 heteroatoms. The van der Waals surface area contributed by atoms with Gasteiger partial charge in [0.2, 0.25) is 0 Å². The molecule has 1 atom stereocenters. The van der Waals surface area contributed by atoms with Crippen molar-refractivity contribution in [2.45, 2.75) is 51.6 Å². The number of hydrogen-bond donors (Lipinski definition) is 0. The molecule has 1 aromatic rings. The van der Waals surface area contributed by atoms with Gasteiger partial charge < -0.3 is 9.47 Å². The predicted octanol–water partition coefficient (Wildman–Crippen LogP) is 4.53. The van der Waals surface area contributed by atoms with Gasteiger partial charge in [0.05, 0.1) is 6.61 Å². The molecule has 0 radical (unpaired) electrons. The lowest BCUT2D eigenvalue weighted by atomic mass is 10.1. The van der Waals surface area contributed by atoms with Crippen LogP contribution >= 0.6 is 0 Å². The first kappa shape index (κ1) is 15.1. The highest BCUT2D eigenvalue weighted by Gasteiger charge is 2.40. The van der Waals surface area contributed by atoms with E-state index in [0.29, 0.717) is 6.61 Å². The lowest BCUT2D eigenvalue weighted by Gasteiger charge is -2.10. The summed E-state index contributed by atoms with van der Waals surface area (Å²) in [6.45, 7) is 5.73. The average molecular weight is 274 g/mol. The summed E-state index contributed by atoms with van der Waals surface area (Å²) in [5, 5.41) is 0. The highest BCUT2D eigenvalue weighted by molar-refractivity contribution is 5.28. The van der Waals surface area contributed by atoms with Gasteiger partial charge in [-0.25, -0.2) is 0 Å². The normalized spacial score (nSPS) is 21.3. The molecule has 110 valence electrons. The van der Waals surface area contributed by atoms with Crippen molar-refractivity contribution in [2.75, 3.05) is 13.2 Å². The molecule has 1 aromatic carbocycles. The average Bonchev–Trinajstić information content (AvgIpc) is 3.20. The molecule has 1 heterocycles. The van der Waals surface area contributed by atoms with Crippen LogP contribution < -0.4 is 4.74 Å². The van der Waals surface area contributed by atoms with Crippen molar-refractivity contribution >= 4 is 0 Å². The molecule has 1 aliphatic heterocycles. The van der Waals surface area contributed by atoms with E-state index >= 15 is 0 Å². The maximum Gasteiger partial charge on any atom is 0.123 e. The highest BCUT2D eigenvalue weighted by Crippen LogP contribution is 2.27. The number of benzene rings is 1. The third-order valence-electron chi connectivity index (χ3n) is 3.57. The monoisotopic (exact) mass is 274 g/mol. The third kappa shape index (κ3) is 5.38. The van der Waals surface area contributed by atoms with Crippen LogP contribution in [0.2, 0.25) is 0 Å². The standard InChI is InChI=1S/C18H26O2/c1-3-4-5-6-7-8-10-16-11-9-12-17(13-16)19-14-18(2)15-20-18/h4-5,9,11-13H,3,6-8,10,14-15H2,1-2H3/b5-4+. The Hall–Kier alpha value is -1.28. The first-order chi connectivity index (χ1) is 9.72. The van der Waals surface area contributed by atoms with Crippen molar-refractivity contribution in [2.24, 2.45) is 0 Å². The van der Waals surface area contributed by atoms with Gasteiger partial charge in [0, 0.05) is 0 Å². The van der Waals surface area contributed by atoms with Crippen molar-refractivity contribution in [3.63, 3.8) is 0 Å². The smallest absolute Gasteiger partial charge is 0.123 e. The minimum atomic E-state index is -0.0401. The van der Waals surface area contributed by atoms with Gasteiger partial charge >= 0.3 is 0 Å². The van der Waals surface area contributed by atoms with Crippen LogP contribution in [0.5, 0.6) is 5.75 Å². The number of ether oxygens (including phenoxy) is 2. The van der Waals surface area contributed by atoms with E-state index in [1.54, 1.807) is 0 Å². The van der Waals surface area contributed by atoms with E-state index in [2.05, 4.69) is 44.2 Å². The fourth-order valence-electron chi connectivity index (χ4n) is 2.11. The summed E-state index contributed by atoms with van der Waals surface area (Å²) < 4.78 is 11.1. The van der Waals surface area contributed by atoms with E-state index in [0.717, 1.165) is 25.2 Å². The van der Waals surface area contributed by atoms with Gasteiger partial charge in [-0.3, -0.25) is 0 Å². The summed E-state index contributed by atoms with van der Waals surface area (Å²) >= 11 is 0. The van der Waals surface area contributed by atoms with Crippen molar-refractivity contribution in [1.29, 1.82) is 0 Å². The zero-order valence-corrected chi connectivity index (χ0v) is 12.7. The minimum Gasteiger partial charge on any atom is -0.490 e. The van der Waals surface area contributed by atoms with Crippen LogP contribution in [0.15, 0.2) is 36.4 Å². The third-order valence-corrected chi connectivity index (χ3v) is 3.57. The summed E-state index contributed by atoms with van der Waals surface area (Å²) in [5.41, 5.74) is 1.32. The summed E-state index contributed by atoms with van der Waals surface area (Å²) in [5.74, 6) is 0.963. The van der Waals surface area contributed by atoms with Gasteiger partial charge in [0.1, 0.15) is 18.0 Å². The Morgan fingerprint density at radius 1 is 1.30 bits per heavy atom. The summed E-state index contributed by atoms with van der Waals surface area (Å²) in [7, 11) is 0. The fourth-order valence-corrected chi connectivity index (χ4v) is 2.11. The highest BCUT2D eigenvalue weighted by atomic mass is 16.6. The number of epoxide rings is 1. The Balaban J connectivity index is 1.70. The second-order valence-electron chi connectivity index (χ2n) is 5.80. The molecule has 1 fully saturated rings. The minimum absolute atomic E-state index is 0.0401. The van der Waals surface area contributed by atoms with Crippen LogP contribution in [-0.2, 0) is 11.2 Å². The first-order valence-electron chi connectivity index (χ1n) is 7.72. The molecule has 0 saturated carbocycles. The summed E-state index contributed by atoms with van der Waals surface area (Å²) in [6.07, 6.45) is 10.5. The largest absolute Gasteiger partial charge is 0.490 e. The second-order valence-corrected chi connectivity index (χ2v) is 5.80. The Bertz CT molecular complexity index is 433. The van der Waals surface area contributed by atoms with Gasteiger partial charge in [-0.15, -0.1) is 0 Å². The van der Waals surface area contributed by atoms with E-state index in [4.69, 9.17) is 9.47 Å². The quantitative estimate of drug-likeness (QED) is 0.375. The lowest BCUT2D eigenvalue weighted by molar-refractivity contribution is 0.202. The Labute approximate surface area is 122 Å². The molecule has 0 aliphatic carbocycles. The first-order valence-corrected chi connectivity index (χ1v) is 7.72. The molecular weight excluding hydrogens is 248 g/mol. The molecule has 0 amide bonds. The molecule has 1 unspecified atom stereocenters. The molecule has 20 heavy (non-hydrogen) atoms. The van der Waals surface area contributed by atoms with Gasteiger partial charge in [0.25, 0.3) is 0 Å². The molecule has 0 N–H and O–H groups in total. The maximum atomic E-state index is 5.80. The fraction of sp³-hybridized carbons (Fsp3) is 0.556. The Morgan fingerprint density at radius 3 is 2.90 bits per heavy atom. The van der Waals surface area contributed by atoms with Crippen LogP contribution in [0.4, 0.5) is 0 Å². The van der Waals surface area contributed by atoms with Crippen LogP contribution in [0.25, 0.3) is 0 Å². The van der Waals surface area contributed by atoms with Gasteiger partial charge in [0.15, 0.2) is 0 Å². The van der Waals surface area contributed by atoms with Gasteiger partial charge in [-0.2, -0.15) is 0 Å². The molecule has 0 aromatic heterocycles. The van der Waals surface area contributed by atoms with Crippen LogP contribution in [-0.4, -0.2) is 18.8 Å². The topological polar surface area (TPSA) is 21.8 Å². The second kappa shape index (κ2) is 7.49. The molecule has 1 aliphatic rings. The van der Waals surface area contributed by atoms with Crippen molar-refractivity contribution in [1.82, 2.24) is 0 Å². The van der Waals surface area contributed by atoms with Gasteiger partial charge in [-0.1, -0.05) is 31.2 Å². The SMILES string of the molecule is CC/C=C/CCCCc1cccc(OCC2(C)CO2)c1.